The molecular weight excluding hydrogens is 775 g/mol. The van der Waals surface area contributed by atoms with Gasteiger partial charge in [-0.05, 0) is 107 Å². The Morgan fingerprint density at radius 3 is 1.22 bits per heavy atom. The van der Waals surface area contributed by atoms with Gasteiger partial charge in [0.05, 0.1) is 5.41 Å². The number of fused-ring (bicyclic) bond motifs is 15. The topological polar surface area (TPSA) is 38.7 Å². The zero-order valence-electron chi connectivity index (χ0n) is 35.5. The van der Waals surface area contributed by atoms with Gasteiger partial charge in [-0.3, -0.25) is 0 Å². The van der Waals surface area contributed by atoms with Crippen LogP contribution in [0.2, 0.25) is 0 Å². The van der Waals surface area contributed by atoms with Crippen molar-refractivity contribution in [2.75, 3.05) is 0 Å². The van der Waals surface area contributed by atoms with E-state index in [1.807, 2.05) is 24.3 Å². The summed E-state index contributed by atoms with van der Waals surface area (Å²) < 4.78 is 0. The zero-order chi connectivity index (χ0) is 42.6. The molecule has 0 saturated heterocycles. The molecule has 3 aliphatic rings. The van der Waals surface area contributed by atoms with Crippen LogP contribution < -0.4 is 0 Å². The third-order valence-corrected chi connectivity index (χ3v) is 14.2. The van der Waals surface area contributed by atoms with Gasteiger partial charge in [-0.1, -0.05) is 208 Å². The molecule has 3 nitrogen and oxygen atoms in total. The first-order chi connectivity index (χ1) is 31.5. The molecule has 300 valence electrons. The van der Waals surface area contributed by atoms with Crippen molar-refractivity contribution in [1.82, 2.24) is 15.0 Å². The Kier molecular flexibility index (Phi) is 7.87. The summed E-state index contributed by atoms with van der Waals surface area (Å²) in [7, 11) is 0. The fourth-order valence-corrected chi connectivity index (χ4v) is 11.2. The van der Waals surface area contributed by atoms with Crippen molar-refractivity contribution < 1.29 is 0 Å². The van der Waals surface area contributed by atoms with E-state index in [1.54, 1.807) is 0 Å². The molecule has 64 heavy (non-hydrogen) atoms. The SMILES string of the molecule is CC1(C)c2ccccc2-c2cc3c(cc21)-c1ccccc1C31c2ccccc2-c2ccccc2-c2ccc(-c3nc(-c4ccccc4)nc(-c4ccc(-c5ccccc5)cc4)n3)cc21. The number of hydrogen-bond donors (Lipinski definition) is 0. The fraction of sp³-hybridized carbons (Fsp3) is 0.0656. The first-order valence-electron chi connectivity index (χ1n) is 22.2. The van der Waals surface area contributed by atoms with Gasteiger partial charge in [-0.25, -0.2) is 15.0 Å². The van der Waals surface area contributed by atoms with Crippen LogP contribution in [0.5, 0.6) is 0 Å². The van der Waals surface area contributed by atoms with Gasteiger partial charge in [-0.15, -0.1) is 0 Å². The van der Waals surface area contributed by atoms with E-state index in [9.17, 15) is 0 Å². The molecule has 1 aromatic heterocycles. The summed E-state index contributed by atoms with van der Waals surface area (Å²) in [4.78, 5) is 15.8. The number of benzene rings is 9. The molecule has 13 rings (SSSR count). The Morgan fingerprint density at radius 1 is 0.250 bits per heavy atom. The molecule has 1 atom stereocenters. The van der Waals surface area contributed by atoms with Gasteiger partial charge in [0.1, 0.15) is 0 Å². The Morgan fingerprint density at radius 2 is 0.609 bits per heavy atom. The second kappa shape index (κ2) is 13.7. The molecule has 0 N–H and O–H groups in total. The van der Waals surface area contributed by atoms with Gasteiger partial charge in [-0.2, -0.15) is 0 Å². The maximum absolute atomic E-state index is 5.33. The van der Waals surface area contributed by atoms with Gasteiger partial charge >= 0.3 is 0 Å². The van der Waals surface area contributed by atoms with E-state index in [2.05, 4.69) is 202 Å². The molecule has 0 bridgehead atoms. The lowest BCUT2D eigenvalue weighted by Crippen LogP contribution is -2.29. The van der Waals surface area contributed by atoms with Crippen LogP contribution in [0.3, 0.4) is 0 Å². The Hall–Kier alpha value is -8.01. The average Bonchev–Trinajstić information content (AvgIpc) is 3.73. The van der Waals surface area contributed by atoms with E-state index in [1.165, 1.54) is 83.5 Å². The Labute approximate surface area is 373 Å². The second-order valence-electron chi connectivity index (χ2n) is 17.9. The standard InChI is InChI=1S/C61H41N3/c1-60(2)51-26-14-11-24-46(51)49-37-56-50(36-54(49)60)47-25-13-16-28-53(47)61(56)52-27-15-12-23-45(52)43-21-9-10-22-44(43)48-34-33-42(35-55(48)61)59-63-57(40-19-7-4-8-20-40)62-58(64-59)41-31-29-39(30-32-41)38-17-5-3-6-18-38/h3-37H,1-2H3. The molecule has 3 aliphatic carbocycles. The minimum absolute atomic E-state index is 0.136. The summed E-state index contributed by atoms with van der Waals surface area (Å²) in [6, 6.07) is 77.5. The lowest BCUT2D eigenvalue weighted by molar-refractivity contribution is 0.660. The fourth-order valence-electron chi connectivity index (χ4n) is 11.2. The zero-order valence-corrected chi connectivity index (χ0v) is 35.5. The van der Waals surface area contributed by atoms with Crippen LogP contribution in [-0.2, 0) is 10.8 Å². The molecule has 0 amide bonds. The van der Waals surface area contributed by atoms with Crippen molar-refractivity contribution in [2.45, 2.75) is 24.7 Å². The van der Waals surface area contributed by atoms with E-state index >= 15 is 0 Å². The van der Waals surface area contributed by atoms with Gasteiger partial charge in [0.2, 0.25) is 0 Å². The van der Waals surface area contributed by atoms with E-state index < -0.39 is 5.41 Å². The first kappa shape index (κ1) is 36.6. The molecule has 10 aromatic rings. The third-order valence-electron chi connectivity index (χ3n) is 14.2. The van der Waals surface area contributed by atoms with E-state index in [4.69, 9.17) is 15.0 Å². The highest BCUT2D eigenvalue weighted by atomic mass is 15.0. The first-order valence-corrected chi connectivity index (χ1v) is 22.2. The highest BCUT2D eigenvalue weighted by Gasteiger charge is 2.51. The van der Waals surface area contributed by atoms with Crippen LogP contribution in [0.1, 0.15) is 47.2 Å². The smallest absolute Gasteiger partial charge is 0.164 e. The Balaban J connectivity index is 1.10. The Bertz CT molecular complexity index is 3510. The van der Waals surface area contributed by atoms with Gasteiger partial charge in [0, 0.05) is 22.1 Å². The van der Waals surface area contributed by atoms with E-state index in [-0.39, 0.29) is 5.41 Å². The monoisotopic (exact) mass is 815 g/mol. The number of hydrogen-bond acceptors (Lipinski definition) is 3. The van der Waals surface area contributed by atoms with Crippen LogP contribution in [0.4, 0.5) is 0 Å². The molecule has 3 heteroatoms. The maximum atomic E-state index is 5.33. The van der Waals surface area contributed by atoms with Crippen molar-refractivity contribution in [3.05, 3.63) is 246 Å². The van der Waals surface area contributed by atoms with Crippen molar-refractivity contribution in [3.8, 4) is 89.8 Å². The highest BCUT2D eigenvalue weighted by molar-refractivity contribution is 5.99. The predicted octanol–water partition coefficient (Wildman–Crippen LogP) is 14.9. The summed E-state index contributed by atoms with van der Waals surface area (Å²) in [5.74, 6) is 1.91. The van der Waals surface area contributed by atoms with Crippen LogP contribution in [-0.4, -0.2) is 15.0 Å². The van der Waals surface area contributed by atoms with Gasteiger partial charge < -0.3 is 0 Å². The van der Waals surface area contributed by atoms with Crippen LogP contribution in [0.25, 0.3) is 89.8 Å². The number of nitrogens with zero attached hydrogens (tertiary/aromatic N) is 3. The lowest BCUT2D eigenvalue weighted by Gasteiger charge is -2.36. The van der Waals surface area contributed by atoms with Crippen molar-refractivity contribution in [2.24, 2.45) is 0 Å². The molecule has 0 aliphatic heterocycles. The van der Waals surface area contributed by atoms with Gasteiger partial charge in [0.15, 0.2) is 17.5 Å². The quantitative estimate of drug-likeness (QED) is 0.178. The normalized spacial score (nSPS) is 15.5. The lowest BCUT2D eigenvalue weighted by atomic mass is 9.65. The summed E-state index contributed by atoms with van der Waals surface area (Å²) in [5, 5.41) is 0. The molecular formula is C61H41N3. The minimum Gasteiger partial charge on any atom is -0.208 e. The number of aromatic nitrogens is 3. The summed E-state index contributed by atoms with van der Waals surface area (Å²) in [5.41, 5.74) is 22.3. The molecule has 0 fully saturated rings. The summed E-state index contributed by atoms with van der Waals surface area (Å²) in [6.45, 7) is 4.76. The van der Waals surface area contributed by atoms with E-state index in [0.717, 1.165) is 22.3 Å². The summed E-state index contributed by atoms with van der Waals surface area (Å²) >= 11 is 0. The molecule has 1 heterocycles. The molecule has 0 radical (unpaired) electrons. The largest absolute Gasteiger partial charge is 0.208 e. The minimum atomic E-state index is -0.672. The van der Waals surface area contributed by atoms with Crippen LogP contribution >= 0.6 is 0 Å². The average molecular weight is 816 g/mol. The molecule has 1 spiro atoms. The molecule has 0 saturated carbocycles. The third kappa shape index (κ3) is 5.19. The van der Waals surface area contributed by atoms with Crippen LogP contribution in [0, 0.1) is 0 Å². The molecule has 1 unspecified atom stereocenters. The van der Waals surface area contributed by atoms with Crippen molar-refractivity contribution in [3.63, 3.8) is 0 Å². The maximum Gasteiger partial charge on any atom is 0.164 e. The highest BCUT2D eigenvalue weighted by Crippen LogP contribution is 2.64. The van der Waals surface area contributed by atoms with Crippen molar-refractivity contribution >= 4 is 0 Å². The molecule has 9 aromatic carbocycles. The van der Waals surface area contributed by atoms with Crippen LogP contribution in [0.15, 0.2) is 212 Å². The van der Waals surface area contributed by atoms with Gasteiger partial charge in [0.25, 0.3) is 0 Å². The second-order valence-corrected chi connectivity index (χ2v) is 17.9. The predicted molar refractivity (Wildman–Crippen MR) is 261 cm³/mol. The van der Waals surface area contributed by atoms with Crippen molar-refractivity contribution in [1.29, 1.82) is 0 Å². The summed E-state index contributed by atoms with van der Waals surface area (Å²) in [6.07, 6.45) is 0. The number of rotatable bonds is 4. The van der Waals surface area contributed by atoms with E-state index in [0.29, 0.717) is 17.5 Å².